The Morgan fingerprint density at radius 2 is 1.84 bits per heavy atom. The van der Waals surface area contributed by atoms with Crippen molar-refractivity contribution >= 4 is 11.6 Å². The molecule has 3 heteroatoms. The van der Waals surface area contributed by atoms with Gasteiger partial charge < -0.3 is 0 Å². The van der Waals surface area contributed by atoms with Crippen molar-refractivity contribution in [3.8, 4) is 0 Å². The molecule has 0 saturated heterocycles. The summed E-state index contributed by atoms with van der Waals surface area (Å²) in [5.41, 5.74) is 4.18. The zero-order valence-electron chi connectivity index (χ0n) is 11.6. The maximum atomic E-state index is 6.23. The van der Waals surface area contributed by atoms with Gasteiger partial charge in [-0.05, 0) is 30.4 Å². The molecular formula is C16H25ClN2. The second-order valence-corrected chi connectivity index (χ2v) is 6.16. The van der Waals surface area contributed by atoms with Crippen molar-refractivity contribution in [2.75, 3.05) is 0 Å². The molecule has 0 aromatic heterocycles. The molecule has 3 N–H and O–H groups in total. The lowest BCUT2D eigenvalue weighted by Gasteiger charge is -2.22. The number of hydrogen-bond acceptors (Lipinski definition) is 2. The van der Waals surface area contributed by atoms with Crippen molar-refractivity contribution in [1.82, 2.24) is 5.43 Å². The summed E-state index contributed by atoms with van der Waals surface area (Å²) >= 11 is 6.23. The highest BCUT2D eigenvalue weighted by atomic mass is 35.5. The molecule has 0 heterocycles. The Morgan fingerprint density at radius 3 is 2.47 bits per heavy atom. The Kier molecular flexibility index (Phi) is 6.15. The topological polar surface area (TPSA) is 38.0 Å². The van der Waals surface area contributed by atoms with E-state index < -0.39 is 0 Å². The van der Waals surface area contributed by atoms with Gasteiger partial charge in [0.15, 0.2) is 0 Å². The molecule has 1 aliphatic rings. The summed E-state index contributed by atoms with van der Waals surface area (Å²) in [5, 5.41) is 0.851. The number of nitrogens with two attached hydrogens (primary N) is 1. The zero-order chi connectivity index (χ0) is 13.5. The van der Waals surface area contributed by atoms with Crippen molar-refractivity contribution in [2.24, 2.45) is 11.8 Å². The smallest absolute Gasteiger partial charge is 0.0438 e. The SMILES string of the molecule is NNC(Cc1ccccc1Cl)CC1CCCCCC1. The molecule has 1 saturated carbocycles. The van der Waals surface area contributed by atoms with Crippen LogP contribution in [0.3, 0.4) is 0 Å². The van der Waals surface area contributed by atoms with Gasteiger partial charge in [0.1, 0.15) is 0 Å². The first-order valence-electron chi connectivity index (χ1n) is 7.49. The van der Waals surface area contributed by atoms with Crippen LogP contribution in [0.5, 0.6) is 0 Å². The number of hydrazine groups is 1. The van der Waals surface area contributed by atoms with Crippen LogP contribution in [0.25, 0.3) is 0 Å². The van der Waals surface area contributed by atoms with Gasteiger partial charge in [0.05, 0.1) is 0 Å². The van der Waals surface area contributed by atoms with Crippen molar-refractivity contribution in [3.05, 3.63) is 34.9 Å². The fourth-order valence-corrected chi connectivity index (χ4v) is 3.35. The molecule has 0 spiro atoms. The van der Waals surface area contributed by atoms with Gasteiger partial charge in [-0.1, -0.05) is 68.3 Å². The van der Waals surface area contributed by atoms with E-state index in [2.05, 4.69) is 11.5 Å². The Balaban J connectivity index is 1.90. The van der Waals surface area contributed by atoms with Crippen LogP contribution in [0.15, 0.2) is 24.3 Å². The Morgan fingerprint density at radius 1 is 1.16 bits per heavy atom. The largest absolute Gasteiger partial charge is 0.271 e. The van der Waals surface area contributed by atoms with Gasteiger partial charge in [-0.15, -0.1) is 0 Å². The van der Waals surface area contributed by atoms with Gasteiger partial charge >= 0.3 is 0 Å². The molecule has 19 heavy (non-hydrogen) atoms. The fraction of sp³-hybridized carbons (Fsp3) is 0.625. The van der Waals surface area contributed by atoms with Crippen LogP contribution in [-0.2, 0) is 6.42 Å². The first-order valence-corrected chi connectivity index (χ1v) is 7.87. The van der Waals surface area contributed by atoms with Gasteiger partial charge in [-0.2, -0.15) is 0 Å². The summed E-state index contributed by atoms with van der Waals surface area (Å²) in [6.07, 6.45) is 10.4. The molecule has 2 rings (SSSR count). The van der Waals surface area contributed by atoms with Crippen molar-refractivity contribution in [2.45, 2.75) is 57.4 Å². The number of rotatable bonds is 5. The van der Waals surface area contributed by atoms with E-state index in [4.69, 9.17) is 17.4 Å². The third kappa shape index (κ3) is 4.79. The van der Waals surface area contributed by atoms with Crippen LogP contribution in [0, 0.1) is 5.92 Å². The standard InChI is InChI=1S/C16H25ClN2/c17-16-10-6-5-9-14(16)12-15(19-18)11-13-7-3-1-2-4-8-13/h5-6,9-10,13,15,19H,1-4,7-8,11-12,18H2. The maximum Gasteiger partial charge on any atom is 0.0438 e. The zero-order valence-corrected chi connectivity index (χ0v) is 12.3. The molecule has 1 fully saturated rings. The van der Waals surface area contributed by atoms with Gasteiger partial charge in [-0.3, -0.25) is 11.3 Å². The predicted molar refractivity (Wildman–Crippen MR) is 82.1 cm³/mol. The normalized spacial score (nSPS) is 19.1. The fourth-order valence-electron chi connectivity index (χ4n) is 3.14. The summed E-state index contributed by atoms with van der Waals surface area (Å²) in [6.45, 7) is 0. The summed E-state index contributed by atoms with van der Waals surface area (Å²) in [6, 6.07) is 8.40. The van der Waals surface area contributed by atoms with Gasteiger partial charge in [-0.25, -0.2) is 0 Å². The summed E-state index contributed by atoms with van der Waals surface area (Å²) in [7, 11) is 0. The highest BCUT2D eigenvalue weighted by Crippen LogP contribution is 2.27. The predicted octanol–water partition coefficient (Wildman–Crippen LogP) is 4.07. The summed E-state index contributed by atoms with van der Waals surface area (Å²) in [5.74, 6) is 6.56. The lowest BCUT2D eigenvalue weighted by molar-refractivity contribution is 0.352. The third-order valence-electron chi connectivity index (χ3n) is 4.25. The lowest BCUT2D eigenvalue weighted by Crippen LogP contribution is -2.38. The minimum absolute atomic E-state index is 0.336. The van der Waals surface area contributed by atoms with E-state index in [1.54, 1.807) is 0 Å². The molecule has 0 bridgehead atoms. The molecule has 2 nitrogen and oxygen atoms in total. The van der Waals surface area contributed by atoms with Crippen LogP contribution < -0.4 is 11.3 Å². The molecule has 0 amide bonds. The van der Waals surface area contributed by atoms with Crippen molar-refractivity contribution < 1.29 is 0 Å². The molecule has 1 aromatic carbocycles. The molecule has 1 aromatic rings. The number of benzene rings is 1. The minimum Gasteiger partial charge on any atom is -0.271 e. The van der Waals surface area contributed by atoms with Crippen LogP contribution in [-0.4, -0.2) is 6.04 Å². The van der Waals surface area contributed by atoms with E-state index in [-0.39, 0.29) is 0 Å². The molecule has 106 valence electrons. The first-order chi connectivity index (χ1) is 9.29. The van der Waals surface area contributed by atoms with Gasteiger partial charge in [0.2, 0.25) is 0 Å². The van der Waals surface area contributed by atoms with Crippen LogP contribution in [0.2, 0.25) is 5.02 Å². The maximum absolute atomic E-state index is 6.23. The van der Waals surface area contributed by atoms with Gasteiger partial charge in [0, 0.05) is 11.1 Å². The van der Waals surface area contributed by atoms with E-state index in [0.29, 0.717) is 6.04 Å². The Labute approximate surface area is 121 Å². The lowest BCUT2D eigenvalue weighted by atomic mass is 9.90. The molecule has 1 unspecified atom stereocenters. The monoisotopic (exact) mass is 280 g/mol. The van der Waals surface area contributed by atoms with Gasteiger partial charge in [0.25, 0.3) is 0 Å². The number of nitrogens with one attached hydrogen (secondary N) is 1. The minimum atomic E-state index is 0.336. The molecule has 1 aliphatic carbocycles. The highest BCUT2D eigenvalue weighted by molar-refractivity contribution is 6.31. The summed E-state index contributed by atoms with van der Waals surface area (Å²) in [4.78, 5) is 0. The van der Waals surface area contributed by atoms with Crippen LogP contribution in [0.1, 0.15) is 50.5 Å². The Bertz CT molecular complexity index is 373. The van der Waals surface area contributed by atoms with E-state index >= 15 is 0 Å². The van der Waals surface area contributed by atoms with Crippen molar-refractivity contribution in [3.63, 3.8) is 0 Å². The average molecular weight is 281 g/mol. The molecular weight excluding hydrogens is 256 g/mol. The van der Waals surface area contributed by atoms with Crippen LogP contribution in [0.4, 0.5) is 0 Å². The quantitative estimate of drug-likeness (QED) is 0.485. The van der Waals surface area contributed by atoms with Crippen LogP contribution >= 0.6 is 11.6 Å². The average Bonchev–Trinajstić information content (AvgIpc) is 2.69. The second-order valence-electron chi connectivity index (χ2n) is 5.75. The summed E-state index contributed by atoms with van der Waals surface area (Å²) < 4.78 is 0. The number of halogens is 1. The number of hydrogen-bond donors (Lipinski definition) is 2. The van der Waals surface area contributed by atoms with E-state index in [9.17, 15) is 0 Å². The van der Waals surface area contributed by atoms with Crippen molar-refractivity contribution in [1.29, 1.82) is 0 Å². The van der Waals surface area contributed by atoms with E-state index in [1.807, 2.05) is 18.2 Å². The molecule has 1 atom stereocenters. The third-order valence-corrected chi connectivity index (χ3v) is 4.62. The highest BCUT2D eigenvalue weighted by Gasteiger charge is 2.18. The van der Waals surface area contributed by atoms with E-state index in [1.165, 1.54) is 50.5 Å². The first kappa shape index (κ1) is 14.8. The molecule has 0 aliphatic heterocycles. The molecule has 0 radical (unpaired) electrons. The Hall–Kier alpha value is -0.570. The van der Waals surface area contributed by atoms with E-state index in [0.717, 1.165) is 17.4 Å². The second kappa shape index (κ2) is 7.88.